The molecule has 380 valence electrons. The highest BCUT2D eigenvalue weighted by atomic mass is 79.9. The fourth-order valence-electron chi connectivity index (χ4n) is 5.88. The number of nitrogens with two attached hydrogens (primary N) is 9. The quantitative estimate of drug-likeness (QED) is 0.0211. The van der Waals surface area contributed by atoms with Gasteiger partial charge in [0, 0.05) is 53.9 Å². The highest BCUT2D eigenvalue weighted by Crippen LogP contribution is 2.32. The van der Waals surface area contributed by atoms with Gasteiger partial charge in [0.05, 0.1) is 20.9 Å². The number of benzene rings is 6. The fourth-order valence-corrected chi connectivity index (χ4v) is 6.87. The molecule has 3 aromatic heterocycles. The molecule has 0 aliphatic heterocycles. The lowest BCUT2D eigenvalue weighted by molar-refractivity contribution is -0.535. The highest BCUT2D eigenvalue weighted by molar-refractivity contribution is 9.11. The molecule has 0 radical (unpaired) electrons. The molecule has 9 aromatic rings. The van der Waals surface area contributed by atoms with E-state index < -0.39 is 12.0 Å². The molecule has 9 rings (SSSR count). The Morgan fingerprint density at radius 2 is 1.08 bits per heavy atom. The SMILES string of the molecule is Cc1ccccc1-c1cc2nnc(N)nc2cc1N.Cc1ccccc1B(O)O.Cl.Cl.N#CN.Nc1cc(N)c([N+](=O)[O-])cc1Br.Nc1nc2cc(N)c(Br)cc2[n+](=O)[nH]1.Nc1nnc2cc(Br)c(N)cc2n1. The third-order valence-corrected chi connectivity index (χ3v) is 11.3. The van der Waals surface area contributed by atoms with Crippen molar-refractivity contribution in [1.82, 2.24) is 40.4 Å². The van der Waals surface area contributed by atoms with Gasteiger partial charge in [0.1, 0.15) is 22.2 Å². The van der Waals surface area contributed by atoms with Crippen molar-refractivity contribution in [2.24, 2.45) is 5.73 Å². The van der Waals surface area contributed by atoms with Crippen LogP contribution < -0.4 is 61.6 Å². The number of aromatic amines is 1. The van der Waals surface area contributed by atoms with Crippen LogP contribution in [0.3, 0.4) is 0 Å². The maximum atomic E-state index is 11.3. The van der Waals surface area contributed by atoms with Gasteiger partial charge in [0.25, 0.3) is 11.6 Å². The smallest absolute Gasteiger partial charge is 0.423 e. The van der Waals surface area contributed by atoms with Crippen LogP contribution >= 0.6 is 72.6 Å². The van der Waals surface area contributed by atoms with Gasteiger partial charge < -0.3 is 61.7 Å². The van der Waals surface area contributed by atoms with Gasteiger partial charge in [-0.2, -0.15) is 5.26 Å². The van der Waals surface area contributed by atoms with E-state index in [2.05, 4.69) is 94.0 Å². The molecular weight excluding hydrogens is 1190 g/mol. The second-order valence-electron chi connectivity index (χ2n) is 14.3. The summed E-state index contributed by atoms with van der Waals surface area (Å²) in [5.41, 5.74) is 58.8. The number of rotatable bonds is 3. The van der Waals surface area contributed by atoms with E-state index in [1.807, 2.05) is 56.3 Å². The van der Waals surface area contributed by atoms with E-state index in [1.165, 1.54) is 18.3 Å². The molecule has 0 aliphatic rings. The van der Waals surface area contributed by atoms with Gasteiger partial charge in [0.15, 0.2) is 10.7 Å². The van der Waals surface area contributed by atoms with Gasteiger partial charge in [-0.05, 0) is 115 Å². The molecule has 0 fully saturated rings. The minimum Gasteiger partial charge on any atom is -0.423 e. The molecule has 25 nitrogen and oxygen atoms in total. The molecule has 3 heterocycles. The van der Waals surface area contributed by atoms with Crippen molar-refractivity contribution in [1.29, 1.82) is 5.26 Å². The Morgan fingerprint density at radius 1 is 0.616 bits per heavy atom. The number of H-pyrrole nitrogens is 1. The Bertz CT molecular complexity index is 3490. The highest BCUT2D eigenvalue weighted by Gasteiger charge is 2.15. The van der Waals surface area contributed by atoms with E-state index in [4.69, 9.17) is 61.2 Å². The number of hydrogen-bond donors (Lipinski definition) is 12. The van der Waals surface area contributed by atoms with E-state index in [0.717, 1.165) is 26.7 Å². The van der Waals surface area contributed by atoms with Gasteiger partial charge in [-0.15, -0.1) is 45.2 Å². The lowest BCUT2D eigenvalue weighted by Gasteiger charge is -2.10. The minimum absolute atomic E-state index is 0. The summed E-state index contributed by atoms with van der Waals surface area (Å²) in [6.45, 7) is 3.89. The van der Waals surface area contributed by atoms with Crippen LogP contribution in [0.15, 0.2) is 110 Å². The zero-order chi connectivity index (χ0) is 52.7. The number of aromatic nitrogens is 9. The predicted octanol–water partition coefficient (Wildman–Crippen LogP) is 4.99. The van der Waals surface area contributed by atoms with Crippen molar-refractivity contribution in [3.63, 3.8) is 0 Å². The first-order valence-corrected chi connectivity index (χ1v) is 22.2. The van der Waals surface area contributed by atoms with Gasteiger partial charge in [-0.3, -0.25) is 10.1 Å². The number of hydrogen-bond acceptors (Lipinski definition) is 22. The molecular formula is C42H45BBr3Cl2N20O5+. The second kappa shape index (κ2) is 28.2. The number of aryl methyl sites for hydroxylation is 2. The summed E-state index contributed by atoms with van der Waals surface area (Å²) in [7, 11) is -1.35. The molecule has 0 aliphatic carbocycles. The van der Waals surface area contributed by atoms with Gasteiger partial charge in [-0.1, -0.05) is 59.2 Å². The number of nitro groups is 1. The van der Waals surface area contributed by atoms with Crippen LogP contribution in [0.25, 0.3) is 44.2 Å². The lowest BCUT2D eigenvalue weighted by atomic mass is 9.77. The average molecular weight is 1230 g/mol. The van der Waals surface area contributed by atoms with E-state index in [9.17, 15) is 15.0 Å². The zero-order valence-corrected chi connectivity index (χ0v) is 44.4. The molecule has 0 saturated heterocycles. The van der Waals surface area contributed by atoms with E-state index in [1.54, 1.807) is 42.5 Å². The van der Waals surface area contributed by atoms with Crippen molar-refractivity contribution < 1.29 is 19.5 Å². The van der Waals surface area contributed by atoms with Gasteiger partial charge in [0.2, 0.25) is 11.9 Å². The number of halogens is 5. The summed E-state index contributed by atoms with van der Waals surface area (Å²) < 4.78 is 2.45. The van der Waals surface area contributed by atoms with Crippen LogP contribution in [0, 0.1) is 40.3 Å². The number of anilines is 8. The molecule has 31 heteroatoms. The number of nitrogens with zero attached hydrogens (tertiary/aromatic N) is 10. The number of nitro benzene ring substituents is 1. The molecule has 73 heavy (non-hydrogen) atoms. The summed E-state index contributed by atoms with van der Waals surface area (Å²) in [6.07, 6.45) is 1.25. The first-order chi connectivity index (χ1) is 33.5. The standard InChI is InChI=1S/C14H13N5.C7H9BO2.C7H7BrN5O.C7H6BrN5.C6H6BrN3O2.CH2N2.2ClH/c1-8-4-2-3-5-9(8)10-6-13-12(7-11(10)15)17-14(16)19-18-13;1-6-4-2-3-5-7(6)8(9)10;8-3-1-6-5(2-4(3)9)11-7(10)12-13(6)14;8-3-1-6-5(2-4(3)9)11-7(10)13-12-6;7-3-1-6(10(11)12)5(9)2-4(3)8;2-1-3;;/h2-7H,15H2,1H3,(H2,16,17,19);2-5,9-10H,1H3;1-2H,9H2,(H3,10,11,12,14);1-2H,9H2,(H2,10,11,13);1-2H,8-9H2;2H2;2*1H/q;;+1;;;;;. The molecule has 0 atom stereocenters. The van der Waals surface area contributed by atoms with Gasteiger partial charge in [-0.25, -0.2) is 15.0 Å². The number of nitrogen functional groups attached to an aromatic ring is 8. The van der Waals surface area contributed by atoms with Crippen LogP contribution in [-0.4, -0.2) is 62.5 Å². The van der Waals surface area contributed by atoms with Crippen LogP contribution in [0.4, 0.5) is 52.0 Å². The molecule has 0 amide bonds. The van der Waals surface area contributed by atoms with Crippen LogP contribution in [-0.2, 0) is 0 Å². The molecule has 0 unspecified atom stereocenters. The topological polar surface area (TPSA) is 471 Å². The number of nitriles is 1. The van der Waals surface area contributed by atoms with E-state index in [0.29, 0.717) is 74.8 Å². The predicted molar refractivity (Wildman–Crippen MR) is 301 cm³/mol. The third-order valence-electron chi connectivity index (χ3n) is 9.25. The van der Waals surface area contributed by atoms with Crippen LogP contribution in [0.5, 0.6) is 0 Å². The van der Waals surface area contributed by atoms with Gasteiger partial charge >= 0.3 is 12.6 Å². The first kappa shape index (κ1) is 61.1. The molecule has 0 saturated carbocycles. The summed E-state index contributed by atoms with van der Waals surface area (Å²) in [5, 5.41) is 52.6. The maximum absolute atomic E-state index is 11.3. The van der Waals surface area contributed by atoms with Crippen molar-refractivity contribution in [3.8, 4) is 17.3 Å². The summed E-state index contributed by atoms with van der Waals surface area (Å²) in [5.74, 6) is 0.346. The normalized spacial score (nSPS) is 9.73. The Morgan fingerprint density at radius 3 is 1.60 bits per heavy atom. The van der Waals surface area contributed by atoms with Crippen molar-refractivity contribution in [3.05, 3.63) is 137 Å². The van der Waals surface area contributed by atoms with Crippen LogP contribution in [0.1, 0.15) is 11.1 Å². The monoisotopic (exact) mass is 1230 g/mol. The molecule has 0 spiro atoms. The Kier molecular flexibility index (Phi) is 23.6. The largest absolute Gasteiger partial charge is 0.488 e. The summed E-state index contributed by atoms with van der Waals surface area (Å²) in [4.78, 5) is 33.2. The molecule has 21 N–H and O–H groups in total. The first-order valence-electron chi connectivity index (χ1n) is 19.8. The average Bonchev–Trinajstić information content (AvgIpc) is 3.30. The summed E-state index contributed by atoms with van der Waals surface area (Å²) >= 11 is 9.57. The minimum atomic E-state index is -1.35. The van der Waals surface area contributed by atoms with E-state index >= 15 is 0 Å². The second-order valence-corrected chi connectivity index (χ2v) is 16.8. The molecule has 6 aromatic carbocycles. The van der Waals surface area contributed by atoms with Crippen molar-refractivity contribution >= 4 is 170 Å². The third kappa shape index (κ3) is 17.1. The Labute approximate surface area is 452 Å². The Hall–Kier alpha value is -7.98. The Balaban J connectivity index is 0.000000311. The number of nitrogens with one attached hydrogen (secondary N) is 1. The summed E-state index contributed by atoms with van der Waals surface area (Å²) in [6, 6.07) is 28.2. The molecule has 0 bridgehead atoms. The zero-order valence-electron chi connectivity index (χ0n) is 38.1. The fraction of sp³-hybridized carbons (Fsp3) is 0.0476. The van der Waals surface area contributed by atoms with Crippen LogP contribution in [0.2, 0.25) is 0 Å². The number of fused-ring (bicyclic) bond motifs is 3. The van der Waals surface area contributed by atoms with E-state index in [-0.39, 0.29) is 54.0 Å². The van der Waals surface area contributed by atoms with Crippen molar-refractivity contribution in [2.45, 2.75) is 13.8 Å². The lowest BCUT2D eigenvalue weighted by Crippen LogP contribution is -2.31. The van der Waals surface area contributed by atoms with Crippen molar-refractivity contribution in [2.75, 3.05) is 45.9 Å². The maximum Gasteiger partial charge on any atom is 0.488 e.